The van der Waals surface area contributed by atoms with Gasteiger partial charge in [0.15, 0.2) is 0 Å². The van der Waals surface area contributed by atoms with Crippen molar-refractivity contribution in [1.29, 1.82) is 0 Å². The van der Waals surface area contributed by atoms with E-state index in [9.17, 15) is 4.79 Å². The molecule has 1 amide bonds. The summed E-state index contributed by atoms with van der Waals surface area (Å²) >= 11 is 5.26. The summed E-state index contributed by atoms with van der Waals surface area (Å²) in [5.41, 5.74) is 5.36. The maximum atomic E-state index is 12.8. The van der Waals surface area contributed by atoms with Crippen LogP contribution in [0.3, 0.4) is 0 Å². The number of amides is 1. The quantitative estimate of drug-likeness (QED) is 0.581. The first kappa shape index (κ1) is 18.4. The van der Waals surface area contributed by atoms with E-state index in [0.29, 0.717) is 22.7 Å². The lowest BCUT2D eigenvalue weighted by Crippen LogP contribution is -2.50. The Bertz CT molecular complexity index is 350. The molecule has 1 saturated carbocycles. The fourth-order valence-electron chi connectivity index (χ4n) is 3.54. The fraction of sp³-hybridized carbons (Fsp3) is 0.882. The van der Waals surface area contributed by atoms with Crippen molar-refractivity contribution < 1.29 is 4.79 Å². The van der Waals surface area contributed by atoms with Gasteiger partial charge in [-0.25, -0.2) is 0 Å². The fourth-order valence-corrected chi connectivity index (χ4v) is 3.84. The van der Waals surface area contributed by atoms with Crippen LogP contribution in [0.4, 0.5) is 0 Å². The van der Waals surface area contributed by atoms with Gasteiger partial charge in [0.05, 0.1) is 10.4 Å². The molecule has 0 bridgehead atoms. The maximum Gasteiger partial charge on any atom is 0.233 e. The second kappa shape index (κ2) is 8.11. The van der Waals surface area contributed by atoms with Crippen LogP contribution < -0.4 is 11.1 Å². The zero-order valence-electron chi connectivity index (χ0n) is 14.1. The Morgan fingerprint density at radius 1 is 1.10 bits per heavy atom. The van der Waals surface area contributed by atoms with Crippen LogP contribution in [0.2, 0.25) is 0 Å². The third-order valence-electron chi connectivity index (χ3n) is 5.07. The molecule has 21 heavy (non-hydrogen) atoms. The number of hydrogen-bond acceptors (Lipinski definition) is 2. The molecule has 0 spiro atoms. The van der Waals surface area contributed by atoms with E-state index in [4.69, 9.17) is 18.0 Å². The predicted octanol–water partition coefficient (Wildman–Crippen LogP) is 3.66. The van der Waals surface area contributed by atoms with Crippen LogP contribution >= 0.6 is 12.2 Å². The number of nitrogens with two attached hydrogens (primary N) is 1. The van der Waals surface area contributed by atoms with Gasteiger partial charge in [-0.3, -0.25) is 4.79 Å². The molecular weight excluding hydrogens is 280 g/mol. The van der Waals surface area contributed by atoms with Crippen LogP contribution in [0.25, 0.3) is 0 Å². The SMILES string of the molecule is CC(C)C(CNC(=O)C1(C(N)=S)CCCCCC1)C(C)C. The third kappa shape index (κ3) is 4.67. The molecule has 0 unspecified atom stereocenters. The van der Waals surface area contributed by atoms with E-state index in [0.717, 1.165) is 32.2 Å². The minimum absolute atomic E-state index is 0.0585. The van der Waals surface area contributed by atoms with E-state index < -0.39 is 5.41 Å². The molecule has 3 nitrogen and oxygen atoms in total. The Morgan fingerprint density at radius 3 is 1.95 bits per heavy atom. The van der Waals surface area contributed by atoms with Crippen molar-refractivity contribution in [1.82, 2.24) is 5.32 Å². The van der Waals surface area contributed by atoms with Crippen molar-refractivity contribution in [2.45, 2.75) is 66.2 Å². The predicted molar refractivity (Wildman–Crippen MR) is 93.1 cm³/mol. The van der Waals surface area contributed by atoms with Crippen LogP contribution in [-0.2, 0) is 4.79 Å². The molecule has 0 aromatic heterocycles. The largest absolute Gasteiger partial charge is 0.392 e. The summed E-state index contributed by atoms with van der Waals surface area (Å²) in [4.78, 5) is 13.2. The minimum Gasteiger partial charge on any atom is -0.392 e. The van der Waals surface area contributed by atoms with Crippen molar-refractivity contribution in [3.8, 4) is 0 Å². The van der Waals surface area contributed by atoms with Crippen molar-refractivity contribution in [2.24, 2.45) is 28.9 Å². The lowest BCUT2D eigenvalue weighted by molar-refractivity contribution is -0.128. The van der Waals surface area contributed by atoms with Gasteiger partial charge >= 0.3 is 0 Å². The zero-order valence-corrected chi connectivity index (χ0v) is 14.9. The summed E-state index contributed by atoms with van der Waals surface area (Å²) in [6.07, 6.45) is 6.06. The van der Waals surface area contributed by atoms with E-state index >= 15 is 0 Å². The van der Waals surface area contributed by atoms with Gasteiger partial charge in [-0.1, -0.05) is 65.6 Å². The summed E-state index contributed by atoms with van der Waals surface area (Å²) in [7, 11) is 0. The van der Waals surface area contributed by atoms with Crippen molar-refractivity contribution in [3.63, 3.8) is 0 Å². The molecule has 1 fully saturated rings. The van der Waals surface area contributed by atoms with Gasteiger partial charge in [-0.05, 0) is 30.6 Å². The van der Waals surface area contributed by atoms with Crippen molar-refractivity contribution >= 4 is 23.1 Å². The van der Waals surface area contributed by atoms with E-state index in [2.05, 4.69) is 33.0 Å². The molecule has 1 aliphatic carbocycles. The number of thiocarbonyl (C=S) groups is 1. The summed E-state index contributed by atoms with van der Waals surface area (Å²) < 4.78 is 0. The van der Waals surface area contributed by atoms with Crippen LogP contribution in [0.1, 0.15) is 66.2 Å². The van der Waals surface area contributed by atoms with Crippen molar-refractivity contribution in [3.05, 3.63) is 0 Å². The first-order valence-electron chi connectivity index (χ1n) is 8.39. The number of carbonyl (C=O) groups is 1. The molecule has 122 valence electrons. The lowest BCUT2D eigenvalue weighted by Gasteiger charge is -2.32. The minimum atomic E-state index is -0.607. The highest BCUT2D eigenvalue weighted by atomic mass is 32.1. The van der Waals surface area contributed by atoms with Gasteiger partial charge in [0.2, 0.25) is 5.91 Å². The van der Waals surface area contributed by atoms with Gasteiger partial charge in [-0.2, -0.15) is 0 Å². The molecule has 0 saturated heterocycles. The van der Waals surface area contributed by atoms with Crippen LogP contribution in [-0.4, -0.2) is 17.4 Å². The van der Waals surface area contributed by atoms with Gasteiger partial charge in [0, 0.05) is 6.54 Å². The Morgan fingerprint density at radius 2 is 1.57 bits per heavy atom. The van der Waals surface area contributed by atoms with Gasteiger partial charge in [-0.15, -0.1) is 0 Å². The molecule has 0 atom stereocenters. The Balaban J connectivity index is 2.75. The van der Waals surface area contributed by atoms with E-state index in [-0.39, 0.29) is 5.91 Å². The summed E-state index contributed by atoms with van der Waals surface area (Å²) in [5, 5.41) is 3.16. The number of rotatable bonds is 6. The van der Waals surface area contributed by atoms with E-state index in [1.54, 1.807) is 0 Å². The third-order valence-corrected chi connectivity index (χ3v) is 5.47. The molecule has 0 aliphatic heterocycles. The van der Waals surface area contributed by atoms with Crippen LogP contribution in [0.15, 0.2) is 0 Å². The van der Waals surface area contributed by atoms with Gasteiger partial charge < -0.3 is 11.1 Å². The number of carbonyl (C=O) groups excluding carboxylic acids is 1. The molecule has 0 aromatic rings. The van der Waals surface area contributed by atoms with Crippen molar-refractivity contribution in [2.75, 3.05) is 6.54 Å². The average molecular weight is 313 g/mol. The van der Waals surface area contributed by atoms with E-state index in [1.807, 2.05) is 0 Å². The second-order valence-corrected chi connectivity index (χ2v) is 7.66. The molecule has 1 aliphatic rings. The summed E-state index contributed by atoms with van der Waals surface area (Å²) in [6, 6.07) is 0. The summed E-state index contributed by atoms with van der Waals surface area (Å²) in [6.45, 7) is 9.58. The highest BCUT2D eigenvalue weighted by molar-refractivity contribution is 7.80. The Kier molecular flexibility index (Phi) is 7.11. The van der Waals surface area contributed by atoms with E-state index in [1.165, 1.54) is 12.8 Å². The topological polar surface area (TPSA) is 55.1 Å². The Hall–Kier alpha value is -0.640. The average Bonchev–Trinajstić information content (AvgIpc) is 2.64. The van der Waals surface area contributed by atoms with Crippen LogP contribution in [0.5, 0.6) is 0 Å². The lowest BCUT2D eigenvalue weighted by atomic mass is 9.78. The number of hydrogen-bond donors (Lipinski definition) is 2. The standard InChI is InChI=1S/C17H32N2OS/c1-12(2)14(13(3)4)11-19-16(20)17(15(18)21)9-7-5-6-8-10-17/h12-14H,5-11H2,1-4H3,(H2,18,21)(H,19,20). The highest BCUT2D eigenvalue weighted by Crippen LogP contribution is 2.36. The smallest absolute Gasteiger partial charge is 0.233 e. The maximum absolute atomic E-state index is 12.8. The summed E-state index contributed by atoms with van der Waals surface area (Å²) in [5.74, 6) is 1.66. The highest BCUT2D eigenvalue weighted by Gasteiger charge is 2.41. The Labute approximate surface area is 135 Å². The van der Waals surface area contributed by atoms with Gasteiger partial charge in [0.1, 0.15) is 0 Å². The number of nitrogens with one attached hydrogen (secondary N) is 1. The first-order valence-corrected chi connectivity index (χ1v) is 8.80. The molecule has 3 N–H and O–H groups in total. The normalized spacial score (nSPS) is 18.8. The van der Waals surface area contributed by atoms with Crippen LogP contribution in [0, 0.1) is 23.2 Å². The zero-order chi connectivity index (χ0) is 16.0. The second-order valence-electron chi connectivity index (χ2n) is 7.22. The molecular formula is C17H32N2OS. The molecule has 0 aromatic carbocycles. The molecule has 1 rings (SSSR count). The molecule has 4 heteroatoms. The first-order chi connectivity index (χ1) is 9.81. The monoisotopic (exact) mass is 312 g/mol. The van der Waals surface area contributed by atoms with Gasteiger partial charge in [0.25, 0.3) is 0 Å². The molecule has 0 radical (unpaired) electrons. The molecule has 0 heterocycles.